The Morgan fingerprint density at radius 3 is 2.88 bits per heavy atom. The molecule has 25 heavy (non-hydrogen) atoms. The van der Waals surface area contributed by atoms with Crippen LogP contribution in [0, 0.1) is 0 Å². The standard InChI is InChI=1S/C19H25N3O2S/c1-13(2)24-16-6-4-3-5-15(16)11-18(23)22-19-21-12-17(25-19)14-7-9-20-10-8-14/h3-6,12-14,20H,7-11H2,1-2H3,(H,21,22,23). The zero-order valence-electron chi connectivity index (χ0n) is 14.7. The smallest absolute Gasteiger partial charge is 0.230 e. The maximum absolute atomic E-state index is 12.4. The summed E-state index contributed by atoms with van der Waals surface area (Å²) >= 11 is 1.59. The second-order valence-corrected chi connectivity index (χ2v) is 7.65. The van der Waals surface area contributed by atoms with E-state index in [1.54, 1.807) is 11.3 Å². The van der Waals surface area contributed by atoms with Gasteiger partial charge in [0.05, 0.1) is 12.5 Å². The van der Waals surface area contributed by atoms with Crippen molar-refractivity contribution in [1.29, 1.82) is 0 Å². The first kappa shape index (κ1) is 17.9. The summed E-state index contributed by atoms with van der Waals surface area (Å²) in [6.07, 6.45) is 4.54. The van der Waals surface area contributed by atoms with Crippen molar-refractivity contribution < 1.29 is 9.53 Å². The Morgan fingerprint density at radius 1 is 1.36 bits per heavy atom. The number of para-hydroxylation sites is 1. The molecule has 134 valence electrons. The maximum Gasteiger partial charge on any atom is 0.230 e. The van der Waals surface area contributed by atoms with Crippen LogP contribution in [-0.4, -0.2) is 30.1 Å². The lowest BCUT2D eigenvalue weighted by Gasteiger charge is -2.20. The van der Waals surface area contributed by atoms with E-state index in [1.165, 1.54) is 4.88 Å². The molecule has 0 atom stereocenters. The van der Waals surface area contributed by atoms with Crippen LogP contribution in [0.4, 0.5) is 5.13 Å². The first-order chi connectivity index (χ1) is 12.1. The minimum atomic E-state index is -0.0639. The van der Waals surface area contributed by atoms with Crippen LogP contribution in [0.25, 0.3) is 0 Å². The van der Waals surface area contributed by atoms with Crippen LogP contribution in [0.1, 0.15) is 43.0 Å². The van der Waals surface area contributed by atoms with Crippen molar-refractivity contribution in [2.45, 2.75) is 45.1 Å². The summed E-state index contributed by atoms with van der Waals surface area (Å²) < 4.78 is 5.78. The van der Waals surface area contributed by atoms with Gasteiger partial charge in [-0.25, -0.2) is 4.98 Å². The largest absolute Gasteiger partial charge is 0.491 e. The molecule has 6 heteroatoms. The van der Waals surface area contributed by atoms with E-state index in [0.717, 1.165) is 37.2 Å². The second kappa shape index (κ2) is 8.45. The van der Waals surface area contributed by atoms with Crippen LogP contribution in [0.15, 0.2) is 30.5 Å². The number of hydrogen-bond acceptors (Lipinski definition) is 5. The Balaban J connectivity index is 1.60. The highest BCUT2D eigenvalue weighted by molar-refractivity contribution is 7.15. The molecule has 0 radical (unpaired) electrons. The van der Waals surface area contributed by atoms with Crippen LogP contribution >= 0.6 is 11.3 Å². The molecule has 0 bridgehead atoms. The Kier molecular flexibility index (Phi) is 6.04. The summed E-state index contributed by atoms with van der Waals surface area (Å²) in [5.74, 6) is 1.26. The molecule has 0 unspecified atom stereocenters. The lowest BCUT2D eigenvalue weighted by molar-refractivity contribution is -0.115. The highest BCUT2D eigenvalue weighted by atomic mass is 32.1. The molecule has 0 aliphatic carbocycles. The molecule has 1 aromatic heterocycles. The average molecular weight is 359 g/mol. The van der Waals surface area contributed by atoms with E-state index in [0.29, 0.717) is 11.0 Å². The van der Waals surface area contributed by atoms with Gasteiger partial charge in [-0.05, 0) is 51.8 Å². The molecule has 2 aromatic rings. The van der Waals surface area contributed by atoms with Crippen LogP contribution < -0.4 is 15.4 Å². The maximum atomic E-state index is 12.4. The van der Waals surface area contributed by atoms with Crippen molar-refractivity contribution in [3.8, 4) is 5.75 Å². The number of ether oxygens (including phenoxy) is 1. The van der Waals surface area contributed by atoms with Crippen LogP contribution in [0.3, 0.4) is 0 Å². The van der Waals surface area contributed by atoms with Gasteiger partial charge in [0.25, 0.3) is 0 Å². The van der Waals surface area contributed by atoms with E-state index in [2.05, 4.69) is 15.6 Å². The van der Waals surface area contributed by atoms with Crippen molar-refractivity contribution in [1.82, 2.24) is 10.3 Å². The van der Waals surface area contributed by atoms with Gasteiger partial charge in [0, 0.05) is 16.6 Å². The van der Waals surface area contributed by atoms with Gasteiger partial charge in [-0.2, -0.15) is 0 Å². The molecule has 1 aromatic carbocycles. The molecular formula is C19H25N3O2S. The zero-order chi connectivity index (χ0) is 17.6. The molecule has 1 saturated heterocycles. The predicted molar refractivity (Wildman–Crippen MR) is 101 cm³/mol. The van der Waals surface area contributed by atoms with Crippen LogP contribution in [0.2, 0.25) is 0 Å². The molecule has 1 amide bonds. The first-order valence-corrected chi connectivity index (χ1v) is 9.64. The van der Waals surface area contributed by atoms with Crippen LogP contribution in [-0.2, 0) is 11.2 Å². The van der Waals surface area contributed by atoms with Gasteiger partial charge < -0.3 is 15.4 Å². The molecule has 2 heterocycles. The summed E-state index contributed by atoms with van der Waals surface area (Å²) in [6.45, 7) is 6.07. The lowest BCUT2D eigenvalue weighted by Crippen LogP contribution is -2.26. The van der Waals surface area contributed by atoms with Gasteiger partial charge in [-0.3, -0.25) is 4.79 Å². The molecule has 5 nitrogen and oxygen atoms in total. The van der Waals surface area contributed by atoms with Crippen molar-refractivity contribution in [3.05, 3.63) is 40.9 Å². The molecule has 2 N–H and O–H groups in total. The highest BCUT2D eigenvalue weighted by Crippen LogP contribution is 2.31. The number of thiazole rings is 1. The van der Waals surface area contributed by atoms with Crippen molar-refractivity contribution >= 4 is 22.4 Å². The summed E-state index contributed by atoms with van der Waals surface area (Å²) in [5, 5.41) is 6.98. The van der Waals surface area contributed by atoms with E-state index in [9.17, 15) is 4.79 Å². The molecule has 0 spiro atoms. The highest BCUT2D eigenvalue weighted by Gasteiger charge is 2.18. The van der Waals surface area contributed by atoms with Gasteiger partial charge in [0.2, 0.25) is 5.91 Å². The Morgan fingerprint density at radius 2 is 2.12 bits per heavy atom. The number of piperidine rings is 1. The predicted octanol–water partition coefficient (Wildman–Crippen LogP) is 3.58. The Bertz CT molecular complexity index is 708. The molecule has 1 aliphatic rings. The quantitative estimate of drug-likeness (QED) is 0.827. The monoisotopic (exact) mass is 359 g/mol. The number of rotatable bonds is 6. The number of hydrogen-bond donors (Lipinski definition) is 2. The topological polar surface area (TPSA) is 63.2 Å². The summed E-state index contributed by atoms with van der Waals surface area (Å²) in [6, 6.07) is 7.68. The number of aromatic nitrogens is 1. The number of benzene rings is 1. The van der Waals surface area contributed by atoms with E-state index >= 15 is 0 Å². The third-order valence-corrected chi connectivity index (χ3v) is 5.27. The average Bonchev–Trinajstić information content (AvgIpc) is 3.05. The minimum absolute atomic E-state index is 0.0639. The summed E-state index contributed by atoms with van der Waals surface area (Å²) in [5.41, 5.74) is 0.892. The normalized spacial score (nSPS) is 15.3. The van der Waals surface area contributed by atoms with E-state index in [4.69, 9.17) is 4.74 Å². The molecular weight excluding hydrogens is 334 g/mol. The third-order valence-electron chi connectivity index (χ3n) is 4.20. The molecule has 0 saturated carbocycles. The van der Waals surface area contributed by atoms with Gasteiger partial charge in [-0.1, -0.05) is 18.2 Å². The Hall–Kier alpha value is -1.92. The van der Waals surface area contributed by atoms with Gasteiger partial charge >= 0.3 is 0 Å². The van der Waals surface area contributed by atoms with Gasteiger partial charge in [0.15, 0.2) is 5.13 Å². The number of nitrogens with zero attached hydrogens (tertiary/aromatic N) is 1. The summed E-state index contributed by atoms with van der Waals surface area (Å²) in [7, 11) is 0. The SMILES string of the molecule is CC(C)Oc1ccccc1CC(=O)Nc1ncc(C2CCNCC2)s1. The van der Waals surface area contributed by atoms with Crippen LogP contribution in [0.5, 0.6) is 5.75 Å². The number of carbonyl (C=O) groups excluding carboxylic acids is 1. The van der Waals surface area contributed by atoms with Crippen molar-refractivity contribution in [3.63, 3.8) is 0 Å². The number of anilines is 1. The minimum Gasteiger partial charge on any atom is -0.491 e. The molecule has 3 rings (SSSR count). The first-order valence-electron chi connectivity index (χ1n) is 8.82. The van der Waals surface area contributed by atoms with E-state index in [-0.39, 0.29) is 18.4 Å². The van der Waals surface area contributed by atoms with Gasteiger partial charge in [-0.15, -0.1) is 11.3 Å². The number of amides is 1. The summed E-state index contributed by atoms with van der Waals surface area (Å²) in [4.78, 5) is 18.0. The number of carbonyl (C=O) groups is 1. The van der Waals surface area contributed by atoms with Crippen molar-refractivity contribution in [2.75, 3.05) is 18.4 Å². The van der Waals surface area contributed by atoms with Gasteiger partial charge in [0.1, 0.15) is 5.75 Å². The van der Waals surface area contributed by atoms with Crippen molar-refractivity contribution in [2.24, 2.45) is 0 Å². The molecule has 1 fully saturated rings. The fraction of sp³-hybridized carbons (Fsp3) is 0.474. The fourth-order valence-corrected chi connectivity index (χ4v) is 4.00. The Labute approximate surface area is 152 Å². The second-order valence-electron chi connectivity index (χ2n) is 6.59. The molecule has 1 aliphatic heterocycles. The van der Waals surface area contributed by atoms with E-state index < -0.39 is 0 Å². The zero-order valence-corrected chi connectivity index (χ0v) is 15.6. The third kappa shape index (κ3) is 5.03. The number of nitrogens with one attached hydrogen (secondary N) is 2. The fourth-order valence-electron chi connectivity index (χ4n) is 2.99. The van der Waals surface area contributed by atoms with E-state index in [1.807, 2.05) is 44.3 Å². The lowest BCUT2D eigenvalue weighted by atomic mass is 9.97.